The lowest BCUT2D eigenvalue weighted by molar-refractivity contribution is -0.0591. The molecule has 2 fully saturated rings. The zero-order chi connectivity index (χ0) is 26.9. The summed E-state index contributed by atoms with van der Waals surface area (Å²) in [5, 5.41) is 10.6. The third-order valence-electron chi connectivity index (χ3n) is 7.60. The molecule has 1 N–H and O–H groups in total. The SMILES string of the molecule is O=C(O)c1ccc2nc(CN3CC[C@@H](c4cccc(COc5ccc(Cl)cc5Cl)c4)C3)n(C[C@@H]3CCO3)c2c1.S.S. The van der Waals surface area contributed by atoms with E-state index in [1.165, 1.54) is 5.56 Å². The number of fused-ring (bicyclic) bond motifs is 1. The van der Waals surface area contributed by atoms with E-state index in [1.807, 2.05) is 0 Å². The van der Waals surface area contributed by atoms with Gasteiger partial charge in [-0.15, -0.1) is 0 Å². The van der Waals surface area contributed by atoms with E-state index in [-0.39, 0.29) is 38.7 Å². The van der Waals surface area contributed by atoms with Crippen LogP contribution in [0.4, 0.5) is 0 Å². The van der Waals surface area contributed by atoms with Gasteiger partial charge in [0.1, 0.15) is 18.2 Å². The number of hydrogen-bond acceptors (Lipinski definition) is 5. The van der Waals surface area contributed by atoms with Crippen LogP contribution in [-0.2, 0) is 24.4 Å². The number of benzene rings is 3. The molecule has 218 valence electrons. The molecule has 3 heterocycles. The van der Waals surface area contributed by atoms with Gasteiger partial charge in [-0.1, -0.05) is 47.5 Å². The third kappa shape index (κ3) is 7.16. The molecule has 4 aromatic rings. The Morgan fingerprint density at radius 3 is 2.63 bits per heavy atom. The summed E-state index contributed by atoms with van der Waals surface area (Å²) in [6, 6.07) is 18.9. The molecule has 2 aliphatic rings. The number of carboxylic acid groups (broad SMARTS) is 1. The van der Waals surface area contributed by atoms with Crippen LogP contribution in [0.3, 0.4) is 0 Å². The summed E-state index contributed by atoms with van der Waals surface area (Å²) in [5.74, 6) is 1.04. The van der Waals surface area contributed by atoms with Crippen LogP contribution < -0.4 is 4.74 Å². The molecule has 0 radical (unpaired) electrons. The van der Waals surface area contributed by atoms with Crippen molar-refractivity contribution in [2.75, 3.05) is 19.7 Å². The van der Waals surface area contributed by atoms with E-state index in [2.05, 4.69) is 33.7 Å². The van der Waals surface area contributed by atoms with E-state index < -0.39 is 5.97 Å². The van der Waals surface area contributed by atoms with Gasteiger partial charge in [0.2, 0.25) is 0 Å². The van der Waals surface area contributed by atoms with Crippen molar-refractivity contribution in [1.29, 1.82) is 0 Å². The number of aromatic carboxylic acids is 1. The second-order valence-electron chi connectivity index (χ2n) is 10.3. The average molecular weight is 635 g/mol. The predicted molar refractivity (Wildman–Crippen MR) is 172 cm³/mol. The predicted octanol–water partition coefficient (Wildman–Crippen LogP) is 6.62. The van der Waals surface area contributed by atoms with Crippen LogP contribution >= 0.6 is 50.2 Å². The number of carbonyl (C=O) groups is 1. The van der Waals surface area contributed by atoms with Crippen molar-refractivity contribution >= 4 is 67.2 Å². The van der Waals surface area contributed by atoms with Crippen LogP contribution in [0.1, 0.15) is 46.1 Å². The first kappa shape index (κ1) is 31.5. The largest absolute Gasteiger partial charge is 0.487 e. The number of imidazole rings is 1. The van der Waals surface area contributed by atoms with E-state index in [4.69, 9.17) is 37.7 Å². The summed E-state index contributed by atoms with van der Waals surface area (Å²) in [7, 11) is 0. The fourth-order valence-corrected chi connectivity index (χ4v) is 5.86. The van der Waals surface area contributed by atoms with Gasteiger partial charge in [0.15, 0.2) is 0 Å². The minimum absolute atomic E-state index is 0. The van der Waals surface area contributed by atoms with E-state index in [0.717, 1.165) is 55.0 Å². The molecule has 2 atom stereocenters. The molecular formula is C30H33Cl2N3O4S2. The quantitative estimate of drug-likeness (QED) is 0.223. The topological polar surface area (TPSA) is 76.8 Å². The van der Waals surface area contributed by atoms with Crippen molar-refractivity contribution in [2.24, 2.45) is 0 Å². The minimum Gasteiger partial charge on any atom is -0.487 e. The zero-order valence-corrected chi connectivity index (χ0v) is 25.9. The van der Waals surface area contributed by atoms with Crippen molar-refractivity contribution in [2.45, 2.75) is 44.6 Å². The van der Waals surface area contributed by atoms with Crippen LogP contribution in [0, 0.1) is 0 Å². The number of nitrogens with zero attached hydrogens (tertiary/aromatic N) is 3. The highest BCUT2D eigenvalue weighted by atomic mass is 35.5. The van der Waals surface area contributed by atoms with Crippen molar-refractivity contribution in [3.63, 3.8) is 0 Å². The van der Waals surface area contributed by atoms with Crippen molar-refractivity contribution in [1.82, 2.24) is 14.5 Å². The van der Waals surface area contributed by atoms with Crippen LogP contribution in [0.5, 0.6) is 5.75 Å². The van der Waals surface area contributed by atoms with Crippen molar-refractivity contribution < 1.29 is 19.4 Å². The van der Waals surface area contributed by atoms with E-state index in [9.17, 15) is 9.90 Å². The van der Waals surface area contributed by atoms with Gasteiger partial charge in [0.05, 0.1) is 40.8 Å². The van der Waals surface area contributed by atoms with Crippen LogP contribution in [0.25, 0.3) is 11.0 Å². The summed E-state index contributed by atoms with van der Waals surface area (Å²) < 4.78 is 13.8. The van der Waals surface area contributed by atoms with Crippen LogP contribution in [0.2, 0.25) is 10.0 Å². The van der Waals surface area contributed by atoms with Gasteiger partial charge < -0.3 is 19.1 Å². The lowest BCUT2D eigenvalue weighted by Gasteiger charge is -2.28. The van der Waals surface area contributed by atoms with Crippen molar-refractivity contribution in [3.05, 3.63) is 93.2 Å². The molecule has 0 aliphatic carbocycles. The summed E-state index contributed by atoms with van der Waals surface area (Å²) in [6.07, 6.45) is 2.21. The highest BCUT2D eigenvalue weighted by Crippen LogP contribution is 2.31. The Morgan fingerprint density at radius 1 is 1.07 bits per heavy atom. The number of halogens is 2. The number of carboxylic acids is 1. The normalized spacial score (nSPS) is 18.4. The fourth-order valence-electron chi connectivity index (χ4n) is 5.40. The van der Waals surface area contributed by atoms with Crippen LogP contribution in [0.15, 0.2) is 60.7 Å². The zero-order valence-electron chi connectivity index (χ0n) is 22.4. The highest BCUT2D eigenvalue weighted by Gasteiger charge is 2.27. The second kappa shape index (κ2) is 13.7. The van der Waals surface area contributed by atoms with E-state index in [0.29, 0.717) is 41.4 Å². The van der Waals surface area contributed by atoms with Crippen LogP contribution in [-0.4, -0.2) is 51.3 Å². The molecule has 2 aliphatic heterocycles. The van der Waals surface area contributed by atoms with Gasteiger partial charge in [0, 0.05) is 18.2 Å². The maximum atomic E-state index is 11.6. The highest BCUT2D eigenvalue weighted by molar-refractivity contribution is 7.59. The van der Waals surface area contributed by atoms with E-state index in [1.54, 1.807) is 36.4 Å². The van der Waals surface area contributed by atoms with Gasteiger partial charge in [-0.05, 0) is 72.8 Å². The maximum Gasteiger partial charge on any atom is 0.335 e. The van der Waals surface area contributed by atoms with Gasteiger partial charge in [-0.25, -0.2) is 9.78 Å². The molecule has 6 rings (SSSR count). The standard InChI is InChI=1S/C30H29Cl2N3O4.2H2S/c31-23-5-7-28(25(32)14-23)39-18-19-2-1-3-20(12-19)22-8-10-34(15-22)17-29-33-26-6-4-21(30(36)37)13-27(26)35(29)16-24-9-11-38-24;;/h1-7,12-14,22,24H,8-11,15-18H2,(H,36,37);2*1H2/t22-,24+;;/m1../s1. The maximum absolute atomic E-state index is 11.6. The Hall–Kier alpha value is -2.40. The molecular weight excluding hydrogens is 601 g/mol. The smallest absolute Gasteiger partial charge is 0.335 e. The molecule has 41 heavy (non-hydrogen) atoms. The number of rotatable bonds is 9. The van der Waals surface area contributed by atoms with Crippen molar-refractivity contribution in [3.8, 4) is 5.75 Å². The Balaban J connectivity index is 0.00000194. The minimum atomic E-state index is -0.933. The monoisotopic (exact) mass is 633 g/mol. The molecule has 0 amide bonds. The molecule has 0 unspecified atom stereocenters. The molecule has 7 nitrogen and oxygen atoms in total. The van der Waals surface area contributed by atoms with Gasteiger partial charge >= 0.3 is 5.97 Å². The summed E-state index contributed by atoms with van der Waals surface area (Å²) in [6.45, 7) is 4.49. The molecule has 1 aromatic heterocycles. The van der Waals surface area contributed by atoms with Gasteiger partial charge in [-0.2, -0.15) is 27.0 Å². The molecule has 0 spiro atoms. The molecule has 0 saturated carbocycles. The molecule has 3 aromatic carbocycles. The summed E-state index contributed by atoms with van der Waals surface area (Å²) in [5.41, 5.74) is 4.33. The lowest BCUT2D eigenvalue weighted by atomic mass is 9.97. The Labute approximate surface area is 263 Å². The second-order valence-corrected chi connectivity index (χ2v) is 11.1. The van der Waals surface area contributed by atoms with E-state index >= 15 is 0 Å². The summed E-state index contributed by atoms with van der Waals surface area (Å²) in [4.78, 5) is 18.9. The molecule has 2 saturated heterocycles. The Morgan fingerprint density at radius 2 is 1.90 bits per heavy atom. The Kier molecular flexibility index (Phi) is 10.5. The Bertz CT molecular complexity index is 1530. The summed E-state index contributed by atoms with van der Waals surface area (Å²) >= 11 is 12.2. The first-order valence-electron chi connectivity index (χ1n) is 13.2. The number of likely N-dealkylation sites (tertiary alicyclic amines) is 1. The molecule has 11 heteroatoms. The van der Waals surface area contributed by atoms with Gasteiger partial charge in [-0.3, -0.25) is 4.90 Å². The first-order chi connectivity index (χ1) is 18.9. The van der Waals surface area contributed by atoms with Gasteiger partial charge in [0.25, 0.3) is 0 Å². The third-order valence-corrected chi connectivity index (χ3v) is 8.13. The fraction of sp³-hybridized carbons (Fsp3) is 0.333. The number of ether oxygens (including phenoxy) is 2. The molecule has 0 bridgehead atoms. The number of aromatic nitrogens is 2. The average Bonchev–Trinajstić information content (AvgIpc) is 3.50. The number of hydrogen-bond donors (Lipinski definition) is 1. The lowest BCUT2D eigenvalue weighted by Crippen LogP contribution is -2.32. The first-order valence-corrected chi connectivity index (χ1v) is 13.9.